The Morgan fingerprint density at radius 1 is 1.57 bits per heavy atom. The minimum atomic E-state index is -0.357. The van der Waals surface area contributed by atoms with Crippen LogP contribution in [0.25, 0.3) is 0 Å². The molecule has 1 saturated heterocycles. The number of nitrogens with zero attached hydrogens (tertiary/aromatic N) is 1. The van der Waals surface area contributed by atoms with E-state index in [1.165, 1.54) is 0 Å². The number of carbonyl (C=O) groups excluding carboxylic acids is 1. The van der Waals surface area contributed by atoms with Gasteiger partial charge in [-0.2, -0.15) is 0 Å². The fraction of sp³-hybridized carbons (Fsp3) is 0.222. The van der Waals surface area contributed by atoms with Gasteiger partial charge in [0.25, 0.3) is 0 Å². The Hall–Kier alpha value is -0.330. The summed E-state index contributed by atoms with van der Waals surface area (Å²) < 4.78 is 1.05. The second-order valence-electron chi connectivity index (χ2n) is 3.15. The van der Waals surface area contributed by atoms with Crippen LogP contribution in [0.2, 0.25) is 5.02 Å². The van der Waals surface area contributed by atoms with Crippen molar-refractivity contribution >= 4 is 45.8 Å². The first-order valence-corrected chi connectivity index (χ1v) is 5.57. The molecule has 0 bridgehead atoms. The van der Waals surface area contributed by atoms with Crippen molar-refractivity contribution in [3.8, 4) is 0 Å². The zero-order valence-electron chi connectivity index (χ0n) is 7.21. The fourth-order valence-electron chi connectivity index (χ4n) is 1.36. The second kappa shape index (κ2) is 3.67. The Labute approximate surface area is 100 Å². The van der Waals surface area contributed by atoms with Crippen molar-refractivity contribution in [2.45, 2.75) is 6.04 Å². The highest BCUT2D eigenvalue weighted by molar-refractivity contribution is 14.1. The molecule has 3 nitrogen and oxygen atoms in total. The summed E-state index contributed by atoms with van der Waals surface area (Å²) in [6.45, 7) is 0.554. The van der Waals surface area contributed by atoms with Gasteiger partial charge in [0.15, 0.2) is 0 Å². The van der Waals surface area contributed by atoms with Gasteiger partial charge in [-0.15, -0.1) is 0 Å². The normalized spacial score (nSPS) is 20.9. The number of benzene rings is 1. The van der Waals surface area contributed by atoms with Crippen LogP contribution in [0.1, 0.15) is 0 Å². The van der Waals surface area contributed by atoms with Crippen LogP contribution >= 0.6 is 34.2 Å². The molecular formula is C9H8ClIN2O. The lowest BCUT2D eigenvalue weighted by molar-refractivity contribution is -0.123. The molecule has 1 heterocycles. The number of carbonyl (C=O) groups is 1. The Morgan fingerprint density at radius 2 is 2.29 bits per heavy atom. The first-order chi connectivity index (χ1) is 6.59. The third-order valence-electron chi connectivity index (χ3n) is 2.16. The molecule has 1 aliphatic rings. The van der Waals surface area contributed by atoms with E-state index in [9.17, 15) is 4.79 Å². The molecule has 1 atom stereocenters. The number of anilines is 1. The smallest absolute Gasteiger partial charge is 0.245 e. The van der Waals surface area contributed by atoms with Crippen molar-refractivity contribution in [3.63, 3.8) is 0 Å². The van der Waals surface area contributed by atoms with E-state index in [2.05, 4.69) is 22.6 Å². The Bertz CT molecular complexity index is 396. The number of β-lactam (4-membered cyclic amide) rings is 1. The molecule has 2 rings (SSSR count). The first-order valence-electron chi connectivity index (χ1n) is 4.11. The summed E-state index contributed by atoms with van der Waals surface area (Å²) in [7, 11) is 0. The van der Waals surface area contributed by atoms with Gasteiger partial charge in [-0.3, -0.25) is 4.79 Å². The van der Waals surface area contributed by atoms with Crippen LogP contribution in [0.4, 0.5) is 5.69 Å². The van der Waals surface area contributed by atoms with Gasteiger partial charge >= 0.3 is 0 Å². The molecule has 0 aliphatic carbocycles. The minimum absolute atomic E-state index is 0.0612. The van der Waals surface area contributed by atoms with Crippen LogP contribution in [0.3, 0.4) is 0 Å². The lowest BCUT2D eigenvalue weighted by Crippen LogP contribution is -2.61. The van der Waals surface area contributed by atoms with Gasteiger partial charge in [0.1, 0.15) is 6.04 Å². The van der Waals surface area contributed by atoms with Gasteiger partial charge in [0.2, 0.25) is 5.91 Å². The van der Waals surface area contributed by atoms with Crippen LogP contribution < -0.4 is 10.6 Å². The number of rotatable bonds is 1. The predicted octanol–water partition coefficient (Wildman–Crippen LogP) is 1.62. The maximum Gasteiger partial charge on any atom is 0.245 e. The average Bonchev–Trinajstić information content (AvgIpc) is 2.18. The summed E-state index contributed by atoms with van der Waals surface area (Å²) in [5.41, 5.74) is 6.26. The first kappa shape index (κ1) is 10.2. The summed E-state index contributed by atoms with van der Waals surface area (Å²) in [5.74, 6) is -0.0612. The summed E-state index contributed by atoms with van der Waals surface area (Å²) in [6.07, 6.45) is 0. The van der Waals surface area contributed by atoms with Crippen LogP contribution in [-0.4, -0.2) is 18.5 Å². The zero-order chi connectivity index (χ0) is 10.3. The third-order valence-corrected chi connectivity index (χ3v) is 3.15. The lowest BCUT2D eigenvalue weighted by atomic mass is 10.1. The van der Waals surface area contributed by atoms with E-state index in [1.807, 2.05) is 12.1 Å². The molecule has 0 radical (unpaired) electrons. The van der Waals surface area contributed by atoms with Crippen LogP contribution in [0.5, 0.6) is 0 Å². The molecule has 0 aromatic heterocycles. The summed E-state index contributed by atoms with van der Waals surface area (Å²) in [4.78, 5) is 13.0. The number of hydrogen-bond acceptors (Lipinski definition) is 2. The van der Waals surface area contributed by atoms with Crippen molar-refractivity contribution in [2.75, 3.05) is 11.4 Å². The van der Waals surface area contributed by atoms with Crippen molar-refractivity contribution in [1.29, 1.82) is 0 Å². The zero-order valence-corrected chi connectivity index (χ0v) is 10.1. The van der Waals surface area contributed by atoms with Crippen LogP contribution in [-0.2, 0) is 4.79 Å². The minimum Gasteiger partial charge on any atom is -0.318 e. The van der Waals surface area contributed by atoms with Gasteiger partial charge in [-0.05, 0) is 40.8 Å². The van der Waals surface area contributed by atoms with Crippen LogP contribution in [0, 0.1) is 3.57 Å². The van der Waals surface area contributed by atoms with Gasteiger partial charge < -0.3 is 10.6 Å². The van der Waals surface area contributed by atoms with Crippen molar-refractivity contribution in [3.05, 3.63) is 26.8 Å². The molecule has 14 heavy (non-hydrogen) atoms. The molecule has 1 unspecified atom stereocenters. The molecular weight excluding hydrogens is 314 g/mol. The van der Waals surface area contributed by atoms with Crippen LogP contribution in [0.15, 0.2) is 18.2 Å². The van der Waals surface area contributed by atoms with Crippen molar-refractivity contribution in [1.82, 2.24) is 0 Å². The molecule has 74 valence electrons. The maximum absolute atomic E-state index is 11.4. The number of halogens is 2. The van der Waals surface area contributed by atoms with E-state index < -0.39 is 0 Å². The van der Waals surface area contributed by atoms with E-state index in [-0.39, 0.29) is 11.9 Å². The summed E-state index contributed by atoms with van der Waals surface area (Å²) >= 11 is 8.16. The number of nitrogens with two attached hydrogens (primary N) is 1. The van der Waals surface area contributed by atoms with E-state index in [4.69, 9.17) is 17.3 Å². The predicted molar refractivity (Wildman–Crippen MR) is 64.5 cm³/mol. The molecule has 1 aromatic rings. The Kier molecular flexibility index (Phi) is 2.68. The highest BCUT2D eigenvalue weighted by atomic mass is 127. The summed E-state index contributed by atoms with van der Waals surface area (Å²) in [6, 6.07) is 5.21. The average molecular weight is 323 g/mol. The molecule has 2 N–H and O–H groups in total. The van der Waals surface area contributed by atoms with Gasteiger partial charge in [-0.25, -0.2) is 0 Å². The van der Waals surface area contributed by atoms with E-state index in [1.54, 1.807) is 11.0 Å². The lowest BCUT2D eigenvalue weighted by Gasteiger charge is -2.36. The van der Waals surface area contributed by atoms with E-state index in [0.29, 0.717) is 11.6 Å². The fourth-order valence-corrected chi connectivity index (χ4v) is 2.06. The van der Waals surface area contributed by atoms with Crippen molar-refractivity contribution < 1.29 is 4.79 Å². The molecule has 5 heteroatoms. The number of amides is 1. The second-order valence-corrected chi connectivity index (χ2v) is 4.80. The highest BCUT2D eigenvalue weighted by Crippen LogP contribution is 2.30. The highest BCUT2D eigenvalue weighted by Gasteiger charge is 2.35. The molecule has 1 aromatic carbocycles. The molecule has 1 fully saturated rings. The SMILES string of the molecule is NC1CN(c2cc(I)ccc2Cl)C1=O. The van der Waals surface area contributed by atoms with E-state index >= 15 is 0 Å². The standard InChI is InChI=1S/C9H8ClIN2O/c10-6-2-1-5(11)3-8(6)13-4-7(12)9(13)14/h1-3,7H,4,12H2. The quantitative estimate of drug-likeness (QED) is 0.631. The monoisotopic (exact) mass is 322 g/mol. The molecule has 1 amide bonds. The van der Waals surface area contributed by atoms with Crippen molar-refractivity contribution in [2.24, 2.45) is 5.73 Å². The largest absolute Gasteiger partial charge is 0.318 e. The molecule has 0 spiro atoms. The third kappa shape index (κ3) is 1.62. The maximum atomic E-state index is 11.4. The van der Waals surface area contributed by atoms with Gasteiger partial charge in [0.05, 0.1) is 17.3 Å². The Balaban J connectivity index is 2.33. The topological polar surface area (TPSA) is 46.3 Å². The Morgan fingerprint density at radius 3 is 2.86 bits per heavy atom. The van der Waals surface area contributed by atoms with Gasteiger partial charge in [0, 0.05) is 3.57 Å². The number of hydrogen-bond donors (Lipinski definition) is 1. The molecule has 0 saturated carbocycles. The van der Waals surface area contributed by atoms with E-state index in [0.717, 1.165) is 9.26 Å². The molecule has 1 aliphatic heterocycles. The summed E-state index contributed by atoms with van der Waals surface area (Å²) in [5, 5.41) is 0.589. The van der Waals surface area contributed by atoms with Gasteiger partial charge in [-0.1, -0.05) is 11.6 Å².